The molecule has 0 saturated carbocycles. The molecular weight excluding hydrogens is 256 g/mol. The van der Waals surface area contributed by atoms with Crippen molar-refractivity contribution in [3.8, 4) is 0 Å². The highest BCUT2D eigenvalue weighted by atomic mass is 35.5. The van der Waals surface area contributed by atoms with Crippen LogP contribution < -0.4 is 5.32 Å². The minimum absolute atomic E-state index is 0.0954. The van der Waals surface area contributed by atoms with Gasteiger partial charge in [0.2, 0.25) is 11.8 Å². The first-order valence-corrected chi connectivity index (χ1v) is 5.90. The third-order valence-corrected chi connectivity index (χ3v) is 2.90. The Balaban J connectivity index is 2.14. The predicted octanol–water partition coefficient (Wildman–Crippen LogP) is 0.524. The molecule has 0 aromatic heterocycles. The van der Waals surface area contributed by atoms with E-state index in [1.54, 1.807) is 24.3 Å². The molecule has 6 heteroatoms. The summed E-state index contributed by atoms with van der Waals surface area (Å²) in [6, 6.07) is 6.76. The Bertz CT molecular complexity index is 483. The lowest BCUT2D eigenvalue weighted by Crippen LogP contribution is -2.53. The molecule has 0 aliphatic carbocycles. The van der Waals surface area contributed by atoms with Gasteiger partial charge in [0.1, 0.15) is 13.1 Å². The number of hydrogen-bond donors (Lipinski definition) is 1. The average Bonchev–Trinajstić information content (AvgIpc) is 2.37. The van der Waals surface area contributed by atoms with Crippen molar-refractivity contribution < 1.29 is 14.4 Å². The average molecular weight is 267 g/mol. The molecule has 5 nitrogen and oxygen atoms in total. The van der Waals surface area contributed by atoms with Crippen LogP contribution >= 0.6 is 11.6 Å². The number of carbonyl (C=O) groups is 3. The molecule has 0 bridgehead atoms. The van der Waals surface area contributed by atoms with E-state index < -0.39 is 11.8 Å². The Morgan fingerprint density at radius 1 is 1.17 bits per heavy atom. The van der Waals surface area contributed by atoms with E-state index in [1.165, 1.54) is 4.90 Å². The Morgan fingerprint density at radius 2 is 1.72 bits per heavy atom. The van der Waals surface area contributed by atoms with Crippen LogP contribution in [0.4, 0.5) is 0 Å². The van der Waals surface area contributed by atoms with Gasteiger partial charge in [0.25, 0.3) is 5.91 Å². The van der Waals surface area contributed by atoms with Crippen LogP contribution in [0, 0.1) is 0 Å². The van der Waals surface area contributed by atoms with Crippen molar-refractivity contribution >= 4 is 29.3 Å². The highest BCUT2D eigenvalue weighted by molar-refractivity contribution is 6.17. The zero-order valence-electron chi connectivity index (χ0n) is 9.48. The Hall–Kier alpha value is -1.88. The maximum atomic E-state index is 12.1. The van der Waals surface area contributed by atoms with Gasteiger partial charge >= 0.3 is 0 Å². The van der Waals surface area contributed by atoms with E-state index in [4.69, 9.17) is 11.6 Å². The zero-order chi connectivity index (χ0) is 13.1. The standard InChI is InChI=1S/C12H11ClN2O3/c13-5-8-1-3-9(4-2-8)12(18)15-6-10(16)14-11(17)7-15/h1-4H,5-7H2,(H,14,16,17). The molecule has 2 rings (SSSR count). The lowest BCUT2D eigenvalue weighted by Gasteiger charge is -2.25. The van der Waals surface area contributed by atoms with Crippen molar-refractivity contribution in [2.75, 3.05) is 13.1 Å². The number of carbonyl (C=O) groups excluding carboxylic acids is 3. The van der Waals surface area contributed by atoms with Crippen LogP contribution in [0.2, 0.25) is 0 Å². The molecule has 0 spiro atoms. The van der Waals surface area contributed by atoms with Crippen molar-refractivity contribution in [2.24, 2.45) is 0 Å². The summed E-state index contributed by atoms with van der Waals surface area (Å²) >= 11 is 5.65. The van der Waals surface area contributed by atoms with Crippen LogP contribution in [-0.2, 0) is 15.5 Å². The second kappa shape index (κ2) is 5.18. The number of nitrogens with zero attached hydrogens (tertiary/aromatic N) is 1. The maximum Gasteiger partial charge on any atom is 0.254 e. The Labute approximate surface area is 109 Å². The van der Waals surface area contributed by atoms with E-state index >= 15 is 0 Å². The molecule has 1 saturated heterocycles. The third kappa shape index (κ3) is 2.68. The highest BCUT2D eigenvalue weighted by Crippen LogP contribution is 2.10. The summed E-state index contributed by atoms with van der Waals surface area (Å²) in [6.45, 7) is -0.191. The molecule has 1 N–H and O–H groups in total. The van der Waals surface area contributed by atoms with Crippen LogP contribution in [0.15, 0.2) is 24.3 Å². The van der Waals surface area contributed by atoms with Crippen molar-refractivity contribution in [2.45, 2.75) is 5.88 Å². The van der Waals surface area contributed by atoms with Crippen molar-refractivity contribution in [1.29, 1.82) is 0 Å². The summed E-state index contributed by atoms with van der Waals surface area (Å²) in [5, 5.41) is 2.14. The molecule has 0 atom stereocenters. The number of halogens is 1. The monoisotopic (exact) mass is 266 g/mol. The molecule has 0 radical (unpaired) electrons. The van der Waals surface area contributed by atoms with Gasteiger partial charge in [-0.15, -0.1) is 11.6 Å². The molecule has 1 heterocycles. The maximum absolute atomic E-state index is 12.1. The fourth-order valence-corrected chi connectivity index (χ4v) is 1.88. The summed E-state index contributed by atoms with van der Waals surface area (Å²) in [7, 11) is 0. The minimum atomic E-state index is -0.461. The van der Waals surface area contributed by atoms with Gasteiger partial charge in [-0.1, -0.05) is 12.1 Å². The first-order chi connectivity index (χ1) is 8.60. The second-order valence-corrected chi connectivity index (χ2v) is 4.23. The van der Waals surface area contributed by atoms with E-state index in [1.807, 2.05) is 0 Å². The summed E-state index contributed by atoms with van der Waals surface area (Å²) < 4.78 is 0. The van der Waals surface area contributed by atoms with Crippen LogP contribution in [-0.4, -0.2) is 35.7 Å². The summed E-state index contributed by atoms with van der Waals surface area (Å²) in [5.41, 5.74) is 1.34. The number of amides is 3. The molecule has 18 heavy (non-hydrogen) atoms. The fourth-order valence-electron chi connectivity index (χ4n) is 1.70. The van der Waals surface area contributed by atoms with Crippen LogP contribution in [0.1, 0.15) is 15.9 Å². The Kier molecular flexibility index (Phi) is 3.62. The molecule has 3 amide bonds. The molecule has 94 valence electrons. The number of rotatable bonds is 2. The lowest BCUT2D eigenvalue weighted by atomic mass is 10.1. The molecular formula is C12H11ClN2O3. The van der Waals surface area contributed by atoms with Crippen LogP contribution in [0.25, 0.3) is 0 Å². The number of piperazine rings is 1. The van der Waals surface area contributed by atoms with Gasteiger partial charge in [-0.25, -0.2) is 0 Å². The highest BCUT2D eigenvalue weighted by Gasteiger charge is 2.26. The first kappa shape index (κ1) is 12.6. The zero-order valence-corrected chi connectivity index (χ0v) is 10.2. The third-order valence-electron chi connectivity index (χ3n) is 2.59. The SMILES string of the molecule is O=C1CN(C(=O)c2ccc(CCl)cc2)CC(=O)N1. The largest absolute Gasteiger partial charge is 0.320 e. The number of alkyl halides is 1. The van der Waals surface area contributed by atoms with E-state index in [9.17, 15) is 14.4 Å². The molecule has 1 aliphatic heterocycles. The molecule has 1 aromatic rings. The van der Waals surface area contributed by atoms with E-state index in [2.05, 4.69) is 5.32 Å². The van der Waals surface area contributed by atoms with Crippen LogP contribution in [0.5, 0.6) is 0 Å². The van der Waals surface area contributed by atoms with Gasteiger partial charge in [-0.2, -0.15) is 0 Å². The minimum Gasteiger partial charge on any atom is -0.320 e. The first-order valence-electron chi connectivity index (χ1n) is 5.37. The van der Waals surface area contributed by atoms with Crippen LogP contribution in [0.3, 0.4) is 0 Å². The van der Waals surface area contributed by atoms with E-state index in [0.29, 0.717) is 11.4 Å². The van der Waals surface area contributed by atoms with Gasteiger partial charge in [0.05, 0.1) is 0 Å². The molecule has 1 fully saturated rings. The summed E-state index contributed by atoms with van der Waals surface area (Å²) in [5.74, 6) is -0.882. The molecule has 1 aliphatic rings. The van der Waals surface area contributed by atoms with Gasteiger partial charge in [-0.3, -0.25) is 19.7 Å². The van der Waals surface area contributed by atoms with Gasteiger partial charge in [0.15, 0.2) is 0 Å². The normalized spacial score (nSPS) is 15.5. The van der Waals surface area contributed by atoms with E-state index in [-0.39, 0.29) is 19.0 Å². The smallest absolute Gasteiger partial charge is 0.254 e. The quantitative estimate of drug-likeness (QED) is 0.627. The lowest BCUT2D eigenvalue weighted by molar-refractivity contribution is -0.135. The number of benzene rings is 1. The van der Waals surface area contributed by atoms with Crippen molar-refractivity contribution in [3.05, 3.63) is 35.4 Å². The van der Waals surface area contributed by atoms with Gasteiger partial charge in [0, 0.05) is 11.4 Å². The Morgan fingerprint density at radius 3 is 2.22 bits per heavy atom. The number of hydrogen-bond acceptors (Lipinski definition) is 3. The second-order valence-electron chi connectivity index (χ2n) is 3.96. The van der Waals surface area contributed by atoms with Gasteiger partial charge < -0.3 is 4.90 Å². The predicted molar refractivity (Wildman–Crippen MR) is 65.1 cm³/mol. The molecule has 1 aromatic carbocycles. The van der Waals surface area contributed by atoms with Crippen molar-refractivity contribution in [1.82, 2.24) is 10.2 Å². The topological polar surface area (TPSA) is 66.5 Å². The number of imide groups is 1. The molecule has 0 unspecified atom stereocenters. The van der Waals surface area contributed by atoms with E-state index in [0.717, 1.165) is 5.56 Å². The van der Waals surface area contributed by atoms with Gasteiger partial charge in [-0.05, 0) is 17.7 Å². The fraction of sp³-hybridized carbons (Fsp3) is 0.250. The summed E-state index contributed by atoms with van der Waals surface area (Å²) in [6.07, 6.45) is 0. The summed E-state index contributed by atoms with van der Waals surface area (Å²) in [4.78, 5) is 35.6. The van der Waals surface area contributed by atoms with Crippen molar-refractivity contribution in [3.63, 3.8) is 0 Å². The number of nitrogens with one attached hydrogen (secondary N) is 1.